The molecule has 0 aliphatic carbocycles. The third-order valence-electron chi connectivity index (χ3n) is 3.53. The highest BCUT2D eigenvalue weighted by molar-refractivity contribution is 7.93. The van der Waals surface area contributed by atoms with Crippen LogP contribution >= 0.6 is 0 Å². The molecule has 24 heavy (non-hydrogen) atoms. The smallest absolute Gasteiger partial charge is 0.443 e. The first-order valence-corrected chi connectivity index (χ1v) is 8.54. The van der Waals surface area contributed by atoms with Crippen molar-refractivity contribution in [1.29, 1.82) is 0 Å². The Balaban J connectivity index is 2.20. The Labute approximate surface area is 137 Å². The Morgan fingerprint density at radius 1 is 1.29 bits per heavy atom. The predicted molar refractivity (Wildman–Crippen MR) is 80.6 cm³/mol. The highest BCUT2D eigenvalue weighted by atomic mass is 32.2. The molecule has 1 aromatic carbocycles. The first-order chi connectivity index (χ1) is 10.9. The topological polar surface area (TPSA) is 75.7 Å². The summed E-state index contributed by atoms with van der Waals surface area (Å²) in [6.45, 7) is 3.80. The third-order valence-corrected chi connectivity index (χ3v) is 4.63. The number of rotatable bonds is 4. The number of benzene rings is 1. The Kier molecular flexibility index (Phi) is 4.71. The molecule has 0 radical (unpaired) electrons. The van der Waals surface area contributed by atoms with E-state index in [2.05, 4.69) is 0 Å². The fourth-order valence-electron chi connectivity index (χ4n) is 2.16. The summed E-state index contributed by atoms with van der Waals surface area (Å²) in [6, 6.07) is 5.59. The minimum absolute atomic E-state index is 0.0640. The van der Waals surface area contributed by atoms with Crippen molar-refractivity contribution in [3.8, 4) is 0 Å². The molecule has 0 aromatic heterocycles. The van der Waals surface area contributed by atoms with E-state index in [1.165, 1.54) is 27.8 Å². The minimum Gasteiger partial charge on any atom is -0.443 e. The number of hydrogen-bond acceptors (Lipinski definition) is 4. The number of halogens is 3. The van der Waals surface area contributed by atoms with Gasteiger partial charge in [0.05, 0.1) is 12.2 Å². The number of carbonyl (C=O) groups excluding carboxylic acids is 1. The zero-order valence-corrected chi connectivity index (χ0v) is 13.9. The molecule has 0 saturated carbocycles. The summed E-state index contributed by atoms with van der Waals surface area (Å²) in [5, 5.41) is 0. The fraction of sp³-hybridized carbons (Fsp3) is 0.500. The van der Waals surface area contributed by atoms with Gasteiger partial charge in [0, 0.05) is 13.0 Å². The maximum Gasteiger partial charge on any atom is 0.516 e. The Hall–Kier alpha value is -1.97. The van der Waals surface area contributed by atoms with Crippen molar-refractivity contribution in [2.75, 3.05) is 11.3 Å². The SMILES string of the molecule is CC1(C)CCN(Cc2ccccc2NS(=O)(=O)C(F)(F)F)C(=O)O1. The molecule has 6 nitrogen and oxygen atoms in total. The summed E-state index contributed by atoms with van der Waals surface area (Å²) in [5.74, 6) is 0. The second kappa shape index (κ2) is 6.15. The number of para-hydroxylation sites is 1. The number of ether oxygens (including phenoxy) is 1. The van der Waals surface area contributed by atoms with Gasteiger partial charge in [0.2, 0.25) is 0 Å². The molecule has 1 aliphatic heterocycles. The minimum atomic E-state index is -5.53. The Morgan fingerprint density at radius 3 is 2.50 bits per heavy atom. The average Bonchev–Trinajstić information content (AvgIpc) is 2.41. The van der Waals surface area contributed by atoms with Crippen molar-refractivity contribution < 1.29 is 31.1 Å². The third kappa shape index (κ3) is 4.11. The van der Waals surface area contributed by atoms with Gasteiger partial charge in [-0.3, -0.25) is 4.72 Å². The number of amides is 1. The van der Waals surface area contributed by atoms with E-state index in [-0.39, 0.29) is 17.8 Å². The van der Waals surface area contributed by atoms with Crippen LogP contribution in [0.2, 0.25) is 0 Å². The molecule has 0 unspecified atom stereocenters. The lowest BCUT2D eigenvalue weighted by molar-refractivity contribution is -0.0430. The molecule has 1 saturated heterocycles. The van der Waals surface area contributed by atoms with Gasteiger partial charge in [-0.1, -0.05) is 18.2 Å². The summed E-state index contributed by atoms with van der Waals surface area (Å²) in [4.78, 5) is 13.3. The van der Waals surface area contributed by atoms with Gasteiger partial charge in [0.1, 0.15) is 5.60 Å². The van der Waals surface area contributed by atoms with E-state index < -0.39 is 27.2 Å². The number of cyclic esters (lactones) is 1. The van der Waals surface area contributed by atoms with Crippen LogP contribution in [0.5, 0.6) is 0 Å². The van der Waals surface area contributed by atoms with E-state index in [9.17, 15) is 26.4 Å². The quantitative estimate of drug-likeness (QED) is 0.889. The van der Waals surface area contributed by atoms with Crippen LogP contribution in [0, 0.1) is 0 Å². The van der Waals surface area contributed by atoms with Crippen molar-refractivity contribution >= 4 is 21.8 Å². The fourth-order valence-corrected chi connectivity index (χ4v) is 2.76. The number of nitrogens with one attached hydrogen (secondary N) is 1. The largest absolute Gasteiger partial charge is 0.516 e. The lowest BCUT2D eigenvalue weighted by Crippen LogP contribution is -2.46. The molecular weight excluding hydrogens is 349 g/mol. The lowest BCUT2D eigenvalue weighted by Gasteiger charge is -2.36. The monoisotopic (exact) mass is 366 g/mol. The molecule has 1 heterocycles. The average molecular weight is 366 g/mol. The molecule has 1 amide bonds. The summed E-state index contributed by atoms with van der Waals surface area (Å²) in [5.41, 5.74) is -6.02. The van der Waals surface area contributed by atoms with Gasteiger partial charge in [-0.2, -0.15) is 21.6 Å². The number of anilines is 1. The number of alkyl halides is 3. The summed E-state index contributed by atoms with van der Waals surface area (Å²) in [7, 11) is -5.53. The van der Waals surface area contributed by atoms with Crippen LogP contribution in [-0.2, 0) is 21.3 Å². The normalized spacial score (nSPS) is 18.2. The first-order valence-electron chi connectivity index (χ1n) is 7.06. The maximum absolute atomic E-state index is 12.5. The van der Waals surface area contributed by atoms with Crippen LogP contribution in [0.15, 0.2) is 24.3 Å². The molecule has 0 atom stereocenters. The van der Waals surface area contributed by atoms with Gasteiger partial charge in [0.25, 0.3) is 0 Å². The van der Waals surface area contributed by atoms with Crippen LogP contribution in [0.3, 0.4) is 0 Å². The van der Waals surface area contributed by atoms with E-state index in [0.29, 0.717) is 13.0 Å². The highest BCUT2D eigenvalue weighted by Crippen LogP contribution is 2.29. The maximum atomic E-state index is 12.5. The predicted octanol–water partition coefficient (Wildman–Crippen LogP) is 3.07. The number of nitrogens with zero attached hydrogens (tertiary/aromatic N) is 1. The standard InChI is InChI=1S/C14H17F3N2O4S/c1-13(2)7-8-19(12(20)23-13)9-10-5-3-4-6-11(10)18-24(21,22)14(15,16)17/h3-6,18H,7-9H2,1-2H3. The van der Waals surface area contributed by atoms with E-state index in [4.69, 9.17) is 4.74 Å². The van der Waals surface area contributed by atoms with Crippen molar-refractivity contribution in [1.82, 2.24) is 4.90 Å². The van der Waals surface area contributed by atoms with Crippen molar-refractivity contribution in [2.24, 2.45) is 0 Å². The van der Waals surface area contributed by atoms with E-state index in [0.717, 1.165) is 0 Å². The van der Waals surface area contributed by atoms with Gasteiger partial charge in [0.15, 0.2) is 0 Å². The zero-order chi connectivity index (χ0) is 18.2. The van der Waals surface area contributed by atoms with Gasteiger partial charge in [-0.25, -0.2) is 4.79 Å². The molecule has 10 heteroatoms. The van der Waals surface area contributed by atoms with Gasteiger partial charge < -0.3 is 9.64 Å². The first kappa shape index (κ1) is 18.4. The Morgan fingerprint density at radius 2 is 1.92 bits per heavy atom. The number of hydrogen-bond donors (Lipinski definition) is 1. The molecular formula is C14H17F3N2O4S. The molecule has 2 rings (SSSR count). The van der Waals surface area contributed by atoms with Crippen LogP contribution < -0.4 is 4.72 Å². The van der Waals surface area contributed by atoms with Gasteiger partial charge in [-0.05, 0) is 25.5 Å². The van der Waals surface area contributed by atoms with E-state index in [1.807, 2.05) is 0 Å². The van der Waals surface area contributed by atoms with Crippen molar-refractivity contribution in [3.05, 3.63) is 29.8 Å². The molecule has 1 aliphatic rings. The van der Waals surface area contributed by atoms with Crippen LogP contribution in [0.4, 0.5) is 23.7 Å². The second-order valence-electron chi connectivity index (χ2n) is 6.01. The Bertz CT molecular complexity index is 732. The van der Waals surface area contributed by atoms with E-state index in [1.54, 1.807) is 19.9 Å². The van der Waals surface area contributed by atoms with E-state index >= 15 is 0 Å². The zero-order valence-electron chi connectivity index (χ0n) is 13.1. The van der Waals surface area contributed by atoms with Crippen molar-refractivity contribution in [2.45, 2.75) is 37.9 Å². The van der Waals surface area contributed by atoms with Crippen LogP contribution in [0.1, 0.15) is 25.8 Å². The highest BCUT2D eigenvalue weighted by Gasteiger charge is 2.46. The summed E-state index contributed by atoms with van der Waals surface area (Å²) >= 11 is 0. The molecule has 134 valence electrons. The van der Waals surface area contributed by atoms with Gasteiger partial charge >= 0.3 is 21.6 Å². The number of carbonyl (C=O) groups is 1. The second-order valence-corrected chi connectivity index (χ2v) is 7.68. The number of sulfonamides is 1. The molecule has 0 spiro atoms. The summed E-state index contributed by atoms with van der Waals surface area (Å²) < 4.78 is 66.9. The molecule has 1 fully saturated rings. The molecule has 1 N–H and O–H groups in total. The molecule has 1 aromatic rings. The lowest BCUT2D eigenvalue weighted by atomic mass is 10.0. The van der Waals surface area contributed by atoms with Crippen molar-refractivity contribution in [3.63, 3.8) is 0 Å². The van der Waals surface area contributed by atoms with Gasteiger partial charge in [-0.15, -0.1) is 0 Å². The molecule has 0 bridgehead atoms. The van der Waals surface area contributed by atoms with Crippen LogP contribution in [-0.4, -0.2) is 37.1 Å². The summed E-state index contributed by atoms with van der Waals surface area (Å²) in [6.07, 6.45) is -0.0467. The van der Waals surface area contributed by atoms with Crippen LogP contribution in [0.25, 0.3) is 0 Å².